The molecule has 0 spiro atoms. The summed E-state index contributed by atoms with van der Waals surface area (Å²) in [6, 6.07) is 6.57. The zero-order valence-corrected chi connectivity index (χ0v) is 20.4. The molecule has 3 rings (SSSR count). The molecule has 0 radical (unpaired) electrons. The Hall–Kier alpha value is -2.46. The molecule has 0 bridgehead atoms. The van der Waals surface area contributed by atoms with Crippen LogP contribution in [0.4, 0.5) is 22.2 Å². The number of likely N-dealkylation sites (N-methyl/N-ethyl adjacent to an activating group) is 1. The molecule has 0 fully saturated rings. The number of aromatic nitrogens is 1. The number of anilines is 2. The van der Waals surface area contributed by atoms with Gasteiger partial charge < -0.3 is 15.0 Å². The minimum absolute atomic E-state index is 0.00389. The molecule has 32 heavy (non-hydrogen) atoms. The molecular weight excluding hydrogens is 497 g/mol. The number of esters is 1. The van der Waals surface area contributed by atoms with E-state index in [0.717, 1.165) is 4.70 Å². The Morgan fingerprint density at radius 1 is 1.12 bits per heavy atom. The van der Waals surface area contributed by atoms with Crippen molar-refractivity contribution in [2.75, 3.05) is 30.4 Å². The van der Waals surface area contributed by atoms with E-state index in [4.69, 9.17) is 39.5 Å². The largest absolute Gasteiger partial charge is 0.468 e. The van der Waals surface area contributed by atoms with Crippen molar-refractivity contribution in [2.24, 2.45) is 10.2 Å². The van der Waals surface area contributed by atoms with Gasteiger partial charge in [0, 0.05) is 13.5 Å². The zero-order valence-electron chi connectivity index (χ0n) is 17.3. The second-order valence-corrected chi connectivity index (χ2v) is 8.75. The van der Waals surface area contributed by atoms with Crippen LogP contribution in [0, 0.1) is 0 Å². The first-order valence-electron chi connectivity index (χ1n) is 9.32. The van der Waals surface area contributed by atoms with Gasteiger partial charge in [0.2, 0.25) is 11.0 Å². The van der Waals surface area contributed by atoms with Gasteiger partial charge in [0.25, 0.3) is 0 Å². The van der Waals surface area contributed by atoms with Crippen LogP contribution in [0.3, 0.4) is 0 Å². The van der Waals surface area contributed by atoms with Crippen molar-refractivity contribution in [3.8, 4) is 0 Å². The summed E-state index contributed by atoms with van der Waals surface area (Å²) >= 11 is 19.9. The molecule has 1 heterocycles. The number of nitrogens with zero attached hydrogens (tertiary/aromatic N) is 4. The number of nitrogens with one attached hydrogen (secondary N) is 1. The smallest absolute Gasteiger partial charge is 0.325 e. The fraction of sp³-hybridized carbons (Fsp3) is 0.250. The molecule has 0 atom stereocenters. The van der Waals surface area contributed by atoms with E-state index < -0.39 is 5.97 Å². The normalized spacial score (nSPS) is 11.2. The summed E-state index contributed by atoms with van der Waals surface area (Å²) in [6.45, 7) is 3.74. The number of rotatable bonds is 7. The lowest BCUT2D eigenvalue weighted by molar-refractivity contribution is -0.139. The maximum atomic E-state index is 11.7. The lowest BCUT2D eigenvalue weighted by atomic mass is 10.2. The van der Waals surface area contributed by atoms with Crippen LogP contribution in [0.2, 0.25) is 15.1 Å². The SMILES string of the molecule is CCN(CC(=O)OC)c1cc(NC(C)=O)c(N=Nc2nc3cc(Cl)c(Cl)cc3s2)cc1Cl. The molecule has 2 aromatic carbocycles. The van der Waals surface area contributed by atoms with E-state index in [9.17, 15) is 9.59 Å². The fourth-order valence-corrected chi connectivity index (χ4v) is 4.28. The van der Waals surface area contributed by atoms with Crippen molar-refractivity contribution in [1.29, 1.82) is 0 Å². The van der Waals surface area contributed by atoms with Crippen LogP contribution >= 0.6 is 46.1 Å². The van der Waals surface area contributed by atoms with E-state index in [-0.39, 0.29) is 12.5 Å². The van der Waals surface area contributed by atoms with Crippen molar-refractivity contribution in [2.45, 2.75) is 13.8 Å². The van der Waals surface area contributed by atoms with E-state index in [1.807, 2.05) is 6.92 Å². The molecule has 0 saturated heterocycles. The van der Waals surface area contributed by atoms with Crippen LogP contribution in [0.25, 0.3) is 10.2 Å². The predicted octanol–water partition coefficient (Wildman–Crippen LogP) is 6.63. The number of thiazole rings is 1. The Bertz CT molecular complexity index is 1180. The van der Waals surface area contributed by atoms with Crippen LogP contribution in [0.15, 0.2) is 34.5 Å². The summed E-state index contributed by atoms with van der Waals surface area (Å²) in [6.07, 6.45) is 0. The highest BCUT2D eigenvalue weighted by atomic mass is 35.5. The molecule has 0 aliphatic rings. The molecular formula is C20H18Cl3N5O3S. The summed E-state index contributed by atoms with van der Waals surface area (Å²) in [5, 5.41) is 12.7. The molecule has 8 nitrogen and oxygen atoms in total. The Morgan fingerprint density at radius 3 is 2.50 bits per heavy atom. The molecule has 12 heteroatoms. The molecule has 3 aromatic rings. The van der Waals surface area contributed by atoms with Crippen molar-refractivity contribution in [3.05, 3.63) is 39.3 Å². The predicted molar refractivity (Wildman–Crippen MR) is 129 cm³/mol. The summed E-state index contributed by atoms with van der Waals surface area (Å²) in [7, 11) is 1.31. The first-order chi connectivity index (χ1) is 15.2. The number of ether oxygens (including phenoxy) is 1. The number of carbonyl (C=O) groups is 2. The molecule has 0 aliphatic heterocycles. The molecule has 0 unspecified atom stereocenters. The summed E-state index contributed by atoms with van der Waals surface area (Å²) in [5.41, 5.74) is 1.91. The second kappa shape index (κ2) is 10.4. The van der Waals surface area contributed by atoms with Crippen LogP contribution in [-0.4, -0.2) is 37.1 Å². The Balaban J connectivity index is 1.98. The van der Waals surface area contributed by atoms with Crippen LogP contribution in [0.5, 0.6) is 0 Å². The summed E-state index contributed by atoms with van der Waals surface area (Å²) in [4.78, 5) is 29.6. The van der Waals surface area contributed by atoms with Gasteiger partial charge in [-0.05, 0) is 31.2 Å². The Morgan fingerprint density at radius 2 is 1.84 bits per heavy atom. The number of hydrogen-bond acceptors (Lipinski definition) is 8. The zero-order chi connectivity index (χ0) is 23.4. The van der Waals surface area contributed by atoms with Gasteiger partial charge in [-0.15, -0.1) is 10.2 Å². The minimum atomic E-state index is -0.413. The highest BCUT2D eigenvalue weighted by Crippen LogP contribution is 2.39. The van der Waals surface area contributed by atoms with E-state index in [1.165, 1.54) is 25.4 Å². The third-order valence-corrected chi connectivity index (χ3v) is 6.24. The Kier molecular flexibility index (Phi) is 7.89. The number of amides is 1. The third kappa shape index (κ3) is 5.66. The van der Waals surface area contributed by atoms with Gasteiger partial charge in [0.15, 0.2) is 0 Å². The fourth-order valence-electron chi connectivity index (χ4n) is 2.80. The average molecular weight is 515 g/mol. The maximum Gasteiger partial charge on any atom is 0.325 e. The number of hydrogen-bond donors (Lipinski definition) is 1. The quantitative estimate of drug-likeness (QED) is 0.282. The molecule has 1 aromatic heterocycles. The van der Waals surface area contributed by atoms with Gasteiger partial charge in [-0.25, -0.2) is 4.98 Å². The summed E-state index contributed by atoms with van der Waals surface area (Å²) in [5.74, 6) is -0.709. The van der Waals surface area contributed by atoms with Gasteiger partial charge in [-0.2, -0.15) is 0 Å². The van der Waals surface area contributed by atoms with Gasteiger partial charge in [-0.1, -0.05) is 46.1 Å². The topological polar surface area (TPSA) is 96.2 Å². The maximum absolute atomic E-state index is 11.7. The van der Waals surface area contributed by atoms with Gasteiger partial charge in [0.1, 0.15) is 12.2 Å². The van der Waals surface area contributed by atoms with E-state index >= 15 is 0 Å². The van der Waals surface area contributed by atoms with Crippen molar-refractivity contribution in [1.82, 2.24) is 4.98 Å². The Labute approximate surface area is 203 Å². The standard InChI is InChI=1S/C20H18Cl3N5O3S/c1-4-28(9-19(30)31-3)17-8-14(24-10(2)29)15(6-13(17)23)26-27-20-25-16-5-11(21)12(22)7-18(16)32-20/h5-8H,4,9H2,1-3H3,(H,24,29). The molecule has 168 valence electrons. The van der Waals surface area contributed by atoms with Gasteiger partial charge >= 0.3 is 5.97 Å². The molecule has 1 amide bonds. The van der Waals surface area contributed by atoms with Crippen LogP contribution in [-0.2, 0) is 14.3 Å². The van der Waals surface area contributed by atoms with Gasteiger partial charge in [0.05, 0.1) is 43.8 Å². The van der Waals surface area contributed by atoms with E-state index in [0.29, 0.717) is 49.3 Å². The highest BCUT2D eigenvalue weighted by molar-refractivity contribution is 7.22. The monoisotopic (exact) mass is 513 g/mol. The lowest BCUT2D eigenvalue weighted by Gasteiger charge is -2.24. The number of fused-ring (bicyclic) bond motifs is 1. The van der Waals surface area contributed by atoms with Crippen LogP contribution in [0.1, 0.15) is 13.8 Å². The molecule has 0 saturated carbocycles. The lowest BCUT2D eigenvalue weighted by Crippen LogP contribution is -2.30. The number of carbonyl (C=O) groups excluding carboxylic acids is 2. The number of azo groups is 1. The van der Waals surface area contributed by atoms with Crippen LogP contribution < -0.4 is 10.2 Å². The third-order valence-electron chi connectivity index (χ3n) is 4.31. The molecule has 1 N–H and O–H groups in total. The first kappa shape index (κ1) is 24.2. The number of halogens is 3. The number of methoxy groups -OCH3 is 1. The first-order valence-corrected chi connectivity index (χ1v) is 11.3. The minimum Gasteiger partial charge on any atom is -0.468 e. The summed E-state index contributed by atoms with van der Waals surface area (Å²) < 4.78 is 5.55. The average Bonchev–Trinajstić information content (AvgIpc) is 3.13. The van der Waals surface area contributed by atoms with E-state index in [1.54, 1.807) is 29.2 Å². The number of benzene rings is 2. The van der Waals surface area contributed by atoms with E-state index in [2.05, 4.69) is 20.5 Å². The van der Waals surface area contributed by atoms with Crippen molar-refractivity contribution < 1.29 is 14.3 Å². The van der Waals surface area contributed by atoms with Crippen molar-refractivity contribution >= 4 is 90.4 Å². The van der Waals surface area contributed by atoms with Gasteiger partial charge in [-0.3, -0.25) is 9.59 Å². The highest BCUT2D eigenvalue weighted by Gasteiger charge is 2.17. The van der Waals surface area contributed by atoms with Crippen molar-refractivity contribution in [3.63, 3.8) is 0 Å². The molecule has 0 aliphatic carbocycles. The second-order valence-electron chi connectivity index (χ2n) is 6.52.